The second-order valence-corrected chi connectivity index (χ2v) is 5.59. The van der Waals surface area contributed by atoms with Gasteiger partial charge in [0.25, 0.3) is 5.69 Å². The van der Waals surface area contributed by atoms with Crippen LogP contribution in [0.2, 0.25) is 0 Å². The molecule has 1 saturated heterocycles. The van der Waals surface area contributed by atoms with Gasteiger partial charge in [-0.1, -0.05) is 12.1 Å². The quantitative estimate of drug-likeness (QED) is 0.675. The third-order valence-corrected chi connectivity index (χ3v) is 3.93. The van der Waals surface area contributed by atoms with Gasteiger partial charge in [-0.25, -0.2) is 9.97 Å². The van der Waals surface area contributed by atoms with Gasteiger partial charge in [-0.2, -0.15) is 0 Å². The van der Waals surface area contributed by atoms with E-state index in [1.807, 2.05) is 12.1 Å². The zero-order valence-corrected chi connectivity index (χ0v) is 12.8. The minimum absolute atomic E-state index is 0.0981. The number of non-ortho nitro benzene ring substituents is 1. The molecular weight excluding hydrogens is 294 g/mol. The van der Waals surface area contributed by atoms with Crippen LogP contribution in [-0.4, -0.2) is 28.0 Å². The Labute approximate surface area is 134 Å². The lowest BCUT2D eigenvalue weighted by Gasteiger charge is -2.27. The maximum atomic E-state index is 10.8. The number of anilines is 2. The van der Waals surface area contributed by atoms with Crippen molar-refractivity contribution in [3.8, 4) is 0 Å². The first kappa shape index (κ1) is 15.2. The van der Waals surface area contributed by atoms with Gasteiger partial charge in [0.2, 0.25) is 0 Å². The fourth-order valence-electron chi connectivity index (χ4n) is 2.71. The Balaban J connectivity index is 1.66. The highest BCUT2D eigenvalue weighted by atomic mass is 16.6. The van der Waals surface area contributed by atoms with Crippen molar-refractivity contribution in [2.24, 2.45) is 0 Å². The molecule has 0 bridgehead atoms. The number of nitro groups is 1. The van der Waals surface area contributed by atoms with Crippen LogP contribution in [0.5, 0.6) is 0 Å². The van der Waals surface area contributed by atoms with Gasteiger partial charge in [0, 0.05) is 37.8 Å². The summed E-state index contributed by atoms with van der Waals surface area (Å²) in [5.41, 5.74) is 0.943. The number of rotatable bonds is 5. The predicted octanol–water partition coefficient (Wildman–Crippen LogP) is 2.99. The first-order valence-electron chi connectivity index (χ1n) is 7.76. The second-order valence-electron chi connectivity index (χ2n) is 5.59. The maximum Gasteiger partial charge on any atom is 0.269 e. The molecule has 1 N–H and O–H groups in total. The van der Waals surface area contributed by atoms with Crippen molar-refractivity contribution in [3.05, 3.63) is 52.3 Å². The van der Waals surface area contributed by atoms with Gasteiger partial charge in [-0.05, 0) is 24.8 Å². The molecule has 0 unspecified atom stereocenters. The third kappa shape index (κ3) is 3.94. The molecule has 0 saturated carbocycles. The van der Waals surface area contributed by atoms with Crippen molar-refractivity contribution in [2.45, 2.75) is 25.8 Å². The number of nitrogens with zero attached hydrogens (tertiary/aromatic N) is 4. The molecule has 1 aliphatic heterocycles. The Morgan fingerprint density at radius 2 is 2.00 bits per heavy atom. The Kier molecular flexibility index (Phi) is 4.65. The predicted molar refractivity (Wildman–Crippen MR) is 88.5 cm³/mol. The summed E-state index contributed by atoms with van der Waals surface area (Å²) < 4.78 is 0. The van der Waals surface area contributed by atoms with Crippen molar-refractivity contribution >= 4 is 17.3 Å². The third-order valence-electron chi connectivity index (χ3n) is 3.93. The zero-order valence-electron chi connectivity index (χ0n) is 12.8. The van der Waals surface area contributed by atoms with E-state index in [0.29, 0.717) is 6.54 Å². The largest absolute Gasteiger partial charge is 0.366 e. The monoisotopic (exact) mass is 313 g/mol. The van der Waals surface area contributed by atoms with Crippen LogP contribution in [0.15, 0.2) is 36.7 Å². The molecule has 7 nitrogen and oxygen atoms in total. The summed E-state index contributed by atoms with van der Waals surface area (Å²) in [5, 5.41) is 14.0. The van der Waals surface area contributed by atoms with Gasteiger partial charge in [-0.15, -0.1) is 0 Å². The summed E-state index contributed by atoms with van der Waals surface area (Å²) in [7, 11) is 0. The average Bonchev–Trinajstić information content (AvgIpc) is 2.61. The summed E-state index contributed by atoms with van der Waals surface area (Å²) in [5.74, 6) is 1.66. The highest BCUT2D eigenvalue weighted by molar-refractivity contribution is 5.49. The molecular formula is C16H19N5O2. The number of benzene rings is 1. The van der Waals surface area contributed by atoms with Crippen LogP contribution in [0.3, 0.4) is 0 Å². The Bertz CT molecular complexity index is 686. The molecule has 2 aromatic rings. The molecule has 1 aliphatic rings. The molecule has 2 heterocycles. The van der Waals surface area contributed by atoms with E-state index < -0.39 is 0 Å². The number of aromatic nitrogens is 2. The SMILES string of the molecule is O=[N+]([O-])c1cccc(CNc2cc(N3CCCCC3)ncn2)c1. The minimum atomic E-state index is -0.386. The van der Waals surface area contributed by atoms with Crippen molar-refractivity contribution in [2.75, 3.05) is 23.3 Å². The molecule has 0 atom stereocenters. The second kappa shape index (κ2) is 7.04. The van der Waals surface area contributed by atoms with Crippen LogP contribution in [0.1, 0.15) is 24.8 Å². The molecule has 0 radical (unpaired) electrons. The molecule has 23 heavy (non-hydrogen) atoms. The summed E-state index contributed by atoms with van der Waals surface area (Å²) >= 11 is 0. The lowest BCUT2D eigenvalue weighted by atomic mass is 10.1. The van der Waals surface area contributed by atoms with E-state index >= 15 is 0 Å². The lowest BCUT2D eigenvalue weighted by Crippen LogP contribution is -2.30. The standard InChI is InChI=1S/C16H19N5O2/c22-21(23)14-6-4-5-13(9-14)11-17-15-10-16(19-12-18-15)20-7-2-1-3-8-20/h4-6,9-10,12H,1-3,7-8,11H2,(H,17,18,19). The van der Waals surface area contributed by atoms with Crippen molar-refractivity contribution in [1.82, 2.24) is 9.97 Å². The maximum absolute atomic E-state index is 10.8. The number of piperidine rings is 1. The first-order chi connectivity index (χ1) is 11.2. The molecule has 0 aliphatic carbocycles. The molecule has 1 aromatic heterocycles. The van der Waals surface area contributed by atoms with Crippen molar-refractivity contribution in [1.29, 1.82) is 0 Å². The van der Waals surface area contributed by atoms with Crippen LogP contribution < -0.4 is 10.2 Å². The van der Waals surface area contributed by atoms with Crippen LogP contribution in [0.25, 0.3) is 0 Å². The molecule has 1 fully saturated rings. The summed E-state index contributed by atoms with van der Waals surface area (Å²) in [6.07, 6.45) is 5.22. The number of nitro benzene ring substituents is 1. The number of nitrogens with one attached hydrogen (secondary N) is 1. The lowest BCUT2D eigenvalue weighted by molar-refractivity contribution is -0.384. The van der Waals surface area contributed by atoms with Crippen LogP contribution in [0.4, 0.5) is 17.3 Å². The summed E-state index contributed by atoms with van der Waals surface area (Å²) in [6.45, 7) is 2.54. The van der Waals surface area contributed by atoms with E-state index in [-0.39, 0.29) is 10.6 Å². The highest BCUT2D eigenvalue weighted by Gasteiger charge is 2.12. The molecule has 0 amide bonds. The Morgan fingerprint density at radius 1 is 1.17 bits per heavy atom. The molecule has 3 rings (SSSR count). The summed E-state index contributed by atoms with van der Waals surface area (Å²) in [6, 6.07) is 8.53. The highest BCUT2D eigenvalue weighted by Crippen LogP contribution is 2.20. The number of hydrogen-bond acceptors (Lipinski definition) is 6. The molecule has 1 aromatic carbocycles. The fourth-order valence-corrected chi connectivity index (χ4v) is 2.71. The Morgan fingerprint density at radius 3 is 2.78 bits per heavy atom. The van der Waals surface area contributed by atoms with E-state index in [9.17, 15) is 10.1 Å². The molecule has 0 spiro atoms. The zero-order chi connectivity index (χ0) is 16.1. The Hall–Kier alpha value is -2.70. The van der Waals surface area contributed by atoms with Gasteiger partial charge in [0.15, 0.2) is 0 Å². The van der Waals surface area contributed by atoms with E-state index in [4.69, 9.17) is 0 Å². The van der Waals surface area contributed by atoms with Gasteiger partial charge < -0.3 is 10.2 Å². The molecule has 120 valence electrons. The number of hydrogen-bond donors (Lipinski definition) is 1. The topological polar surface area (TPSA) is 84.2 Å². The normalized spacial score (nSPS) is 14.5. The van der Waals surface area contributed by atoms with Gasteiger partial charge >= 0.3 is 0 Å². The van der Waals surface area contributed by atoms with E-state index in [0.717, 1.165) is 30.3 Å². The van der Waals surface area contributed by atoms with Gasteiger partial charge in [-0.3, -0.25) is 10.1 Å². The van der Waals surface area contributed by atoms with E-state index in [2.05, 4.69) is 20.2 Å². The average molecular weight is 313 g/mol. The van der Waals surface area contributed by atoms with Gasteiger partial charge in [0.05, 0.1) is 4.92 Å². The smallest absolute Gasteiger partial charge is 0.269 e. The van der Waals surface area contributed by atoms with E-state index in [1.165, 1.54) is 25.3 Å². The van der Waals surface area contributed by atoms with E-state index in [1.54, 1.807) is 18.5 Å². The van der Waals surface area contributed by atoms with Crippen LogP contribution in [0, 0.1) is 10.1 Å². The van der Waals surface area contributed by atoms with Crippen molar-refractivity contribution < 1.29 is 4.92 Å². The minimum Gasteiger partial charge on any atom is -0.366 e. The van der Waals surface area contributed by atoms with Gasteiger partial charge in [0.1, 0.15) is 18.0 Å². The van der Waals surface area contributed by atoms with Crippen LogP contribution >= 0.6 is 0 Å². The summed E-state index contributed by atoms with van der Waals surface area (Å²) in [4.78, 5) is 21.3. The van der Waals surface area contributed by atoms with Crippen LogP contribution in [-0.2, 0) is 6.54 Å². The first-order valence-corrected chi connectivity index (χ1v) is 7.76. The fraction of sp³-hybridized carbons (Fsp3) is 0.375. The molecule has 7 heteroatoms. The van der Waals surface area contributed by atoms with Crippen molar-refractivity contribution in [3.63, 3.8) is 0 Å².